The molecule has 86 valence electrons. The lowest BCUT2D eigenvalue weighted by atomic mass is 10.2. The quantitative estimate of drug-likeness (QED) is 0.857. The molecule has 0 fully saturated rings. The van der Waals surface area contributed by atoms with Crippen LogP contribution in [0.1, 0.15) is 35.8 Å². The van der Waals surface area contributed by atoms with Crippen LogP contribution in [-0.4, -0.2) is 0 Å². The topological polar surface area (TPSA) is 38.3 Å². The van der Waals surface area contributed by atoms with Crippen molar-refractivity contribution in [2.75, 3.05) is 0 Å². The predicted octanol–water partition coefficient (Wildman–Crippen LogP) is 3.34. The van der Waals surface area contributed by atoms with Gasteiger partial charge in [0, 0.05) is 0 Å². The zero-order valence-electron chi connectivity index (χ0n) is 9.91. The molecule has 1 atom stereocenters. The third kappa shape index (κ3) is 2.36. The summed E-state index contributed by atoms with van der Waals surface area (Å²) < 4.78 is 10.9. The van der Waals surface area contributed by atoms with Gasteiger partial charge in [0.2, 0.25) is 0 Å². The second-order valence-electron chi connectivity index (χ2n) is 4.08. The summed E-state index contributed by atoms with van der Waals surface area (Å²) in [5.74, 6) is 2.88. The maximum Gasteiger partial charge on any atom is 0.120 e. The van der Waals surface area contributed by atoms with E-state index >= 15 is 0 Å². The van der Waals surface area contributed by atoms with E-state index in [4.69, 9.17) is 8.83 Å². The van der Waals surface area contributed by atoms with Gasteiger partial charge in [0.25, 0.3) is 0 Å². The summed E-state index contributed by atoms with van der Waals surface area (Å²) in [5.41, 5.74) is 1.18. The van der Waals surface area contributed by atoms with Gasteiger partial charge in [-0.1, -0.05) is 0 Å². The summed E-state index contributed by atoms with van der Waals surface area (Å²) in [4.78, 5) is 0. The molecule has 2 aromatic heterocycles. The van der Waals surface area contributed by atoms with E-state index in [1.165, 1.54) is 5.56 Å². The minimum absolute atomic E-state index is 0.193. The largest absolute Gasteiger partial charge is 0.468 e. The summed E-state index contributed by atoms with van der Waals surface area (Å²) in [7, 11) is 0. The average Bonchev–Trinajstić information content (AvgIpc) is 2.84. The summed E-state index contributed by atoms with van der Waals surface area (Å²) in [6.07, 6.45) is 1.72. The molecule has 0 aliphatic heterocycles. The predicted molar refractivity (Wildman–Crippen MR) is 62.1 cm³/mol. The van der Waals surface area contributed by atoms with Crippen LogP contribution in [0.25, 0.3) is 0 Å². The van der Waals surface area contributed by atoms with Gasteiger partial charge in [-0.05, 0) is 44.5 Å². The van der Waals surface area contributed by atoms with Crippen molar-refractivity contribution in [1.82, 2.24) is 5.32 Å². The Morgan fingerprint density at radius 3 is 2.62 bits per heavy atom. The van der Waals surface area contributed by atoms with Crippen LogP contribution in [0.15, 0.2) is 33.3 Å². The highest BCUT2D eigenvalue weighted by molar-refractivity contribution is 5.15. The molecule has 2 heterocycles. The van der Waals surface area contributed by atoms with Crippen molar-refractivity contribution < 1.29 is 8.83 Å². The van der Waals surface area contributed by atoms with Crippen molar-refractivity contribution in [2.45, 2.75) is 33.4 Å². The molecule has 0 spiro atoms. The molecule has 0 aliphatic carbocycles. The molecule has 0 aliphatic rings. The van der Waals surface area contributed by atoms with Crippen LogP contribution < -0.4 is 5.32 Å². The van der Waals surface area contributed by atoms with Crippen LogP contribution in [0.3, 0.4) is 0 Å². The fourth-order valence-electron chi connectivity index (χ4n) is 1.62. The van der Waals surface area contributed by atoms with Gasteiger partial charge in [0.05, 0.1) is 18.8 Å². The lowest BCUT2D eigenvalue weighted by Crippen LogP contribution is -2.17. The first-order valence-corrected chi connectivity index (χ1v) is 5.49. The van der Waals surface area contributed by atoms with E-state index in [1.807, 2.05) is 32.0 Å². The van der Waals surface area contributed by atoms with Crippen molar-refractivity contribution in [1.29, 1.82) is 0 Å². The fourth-order valence-corrected chi connectivity index (χ4v) is 1.62. The summed E-state index contributed by atoms with van der Waals surface area (Å²) >= 11 is 0. The maximum atomic E-state index is 5.55. The third-order valence-corrected chi connectivity index (χ3v) is 2.72. The second-order valence-corrected chi connectivity index (χ2v) is 4.08. The third-order valence-electron chi connectivity index (χ3n) is 2.72. The molecule has 3 heteroatoms. The highest BCUT2D eigenvalue weighted by Gasteiger charge is 2.10. The number of hydrogen-bond acceptors (Lipinski definition) is 3. The highest BCUT2D eigenvalue weighted by atomic mass is 16.3. The lowest BCUT2D eigenvalue weighted by molar-refractivity contribution is 0.396. The number of aryl methyl sites for hydroxylation is 2. The Kier molecular flexibility index (Phi) is 3.15. The molecular weight excluding hydrogens is 202 g/mol. The SMILES string of the molecule is Cc1ccc(C(C)NCc2occc2C)o1. The minimum atomic E-state index is 0.193. The summed E-state index contributed by atoms with van der Waals surface area (Å²) in [6, 6.07) is 6.14. The van der Waals surface area contributed by atoms with Gasteiger partial charge in [-0.25, -0.2) is 0 Å². The number of hydrogen-bond donors (Lipinski definition) is 1. The van der Waals surface area contributed by atoms with Crippen molar-refractivity contribution >= 4 is 0 Å². The molecule has 0 saturated carbocycles. The van der Waals surface area contributed by atoms with E-state index in [2.05, 4.69) is 12.2 Å². The molecule has 2 rings (SSSR count). The van der Waals surface area contributed by atoms with E-state index in [0.29, 0.717) is 0 Å². The Labute approximate surface area is 95.5 Å². The zero-order valence-corrected chi connectivity index (χ0v) is 9.91. The smallest absolute Gasteiger partial charge is 0.120 e. The summed E-state index contributed by atoms with van der Waals surface area (Å²) in [5, 5.41) is 3.37. The number of rotatable bonds is 4. The monoisotopic (exact) mass is 219 g/mol. The molecule has 16 heavy (non-hydrogen) atoms. The Morgan fingerprint density at radius 1 is 1.25 bits per heavy atom. The Bertz CT molecular complexity index is 456. The van der Waals surface area contributed by atoms with Gasteiger partial charge in [0.1, 0.15) is 17.3 Å². The fraction of sp³-hybridized carbons (Fsp3) is 0.385. The van der Waals surface area contributed by atoms with E-state index in [-0.39, 0.29) is 6.04 Å². The Morgan fingerprint density at radius 2 is 2.06 bits per heavy atom. The molecule has 0 amide bonds. The molecule has 0 saturated heterocycles. The van der Waals surface area contributed by atoms with Crippen LogP contribution >= 0.6 is 0 Å². The van der Waals surface area contributed by atoms with Gasteiger partial charge in [-0.3, -0.25) is 0 Å². The molecule has 1 N–H and O–H groups in total. The standard InChI is InChI=1S/C13H17NO2/c1-9-6-7-15-13(9)8-14-11(3)12-5-4-10(2)16-12/h4-7,11,14H,8H2,1-3H3. The Balaban J connectivity index is 1.93. The van der Waals surface area contributed by atoms with Gasteiger partial charge < -0.3 is 14.2 Å². The molecule has 0 aromatic carbocycles. The number of furan rings is 2. The molecule has 2 aromatic rings. The first-order valence-electron chi connectivity index (χ1n) is 5.49. The van der Waals surface area contributed by atoms with Crippen LogP contribution in [-0.2, 0) is 6.54 Å². The van der Waals surface area contributed by atoms with E-state index in [1.54, 1.807) is 6.26 Å². The van der Waals surface area contributed by atoms with Crippen molar-refractivity contribution in [3.8, 4) is 0 Å². The molecule has 0 radical (unpaired) electrons. The number of nitrogens with one attached hydrogen (secondary N) is 1. The molecule has 1 unspecified atom stereocenters. The van der Waals surface area contributed by atoms with E-state index < -0.39 is 0 Å². The molecule has 0 bridgehead atoms. The van der Waals surface area contributed by atoms with Gasteiger partial charge >= 0.3 is 0 Å². The van der Waals surface area contributed by atoms with Crippen molar-refractivity contribution in [3.05, 3.63) is 47.3 Å². The first kappa shape index (κ1) is 11.0. The van der Waals surface area contributed by atoms with Gasteiger partial charge in [-0.2, -0.15) is 0 Å². The summed E-state index contributed by atoms with van der Waals surface area (Å²) in [6.45, 7) is 6.80. The van der Waals surface area contributed by atoms with Gasteiger partial charge in [-0.15, -0.1) is 0 Å². The highest BCUT2D eigenvalue weighted by Crippen LogP contribution is 2.17. The van der Waals surface area contributed by atoms with Gasteiger partial charge in [0.15, 0.2) is 0 Å². The van der Waals surface area contributed by atoms with E-state index in [9.17, 15) is 0 Å². The van der Waals surface area contributed by atoms with Crippen LogP contribution in [0.2, 0.25) is 0 Å². The second kappa shape index (κ2) is 4.58. The van der Waals surface area contributed by atoms with Crippen molar-refractivity contribution in [3.63, 3.8) is 0 Å². The van der Waals surface area contributed by atoms with Crippen molar-refractivity contribution in [2.24, 2.45) is 0 Å². The van der Waals surface area contributed by atoms with Crippen LogP contribution in [0.4, 0.5) is 0 Å². The average molecular weight is 219 g/mol. The zero-order chi connectivity index (χ0) is 11.5. The van der Waals surface area contributed by atoms with Crippen LogP contribution in [0.5, 0.6) is 0 Å². The molecular formula is C13H17NO2. The maximum absolute atomic E-state index is 5.55. The normalized spacial score (nSPS) is 12.9. The van der Waals surface area contributed by atoms with Crippen LogP contribution in [0, 0.1) is 13.8 Å². The molecule has 3 nitrogen and oxygen atoms in total. The van der Waals surface area contributed by atoms with E-state index in [0.717, 1.165) is 23.8 Å². The first-order chi connectivity index (χ1) is 7.66. The lowest BCUT2D eigenvalue weighted by Gasteiger charge is -2.10. The Hall–Kier alpha value is -1.48. The minimum Gasteiger partial charge on any atom is -0.468 e.